The maximum atomic E-state index is 10.9. The van der Waals surface area contributed by atoms with Gasteiger partial charge in [0.25, 0.3) is 0 Å². The van der Waals surface area contributed by atoms with Gasteiger partial charge in [0.15, 0.2) is 0 Å². The van der Waals surface area contributed by atoms with Crippen LogP contribution in [0.5, 0.6) is 0 Å². The first-order chi connectivity index (χ1) is 6.87. The van der Waals surface area contributed by atoms with Crippen molar-refractivity contribution in [1.82, 2.24) is 5.32 Å². The highest BCUT2D eigenvalue weighted by molar-refractivity contribution is 5.69. The highest BCUT2D eigenvalue weighted by Crippen LogP contribution is 2.13. The average molecular weight is 215 g/mol. The third-order valence-corrected chi connectivity index (χ3v) is 2.40. The number of carboxylic acids is 1. The smallest absolute Gasteiger partial charge is 0.306 e. The molecule has 0 aromatic rings. The molecule has 15 heavy (non-hydrogen) atoms. The van der Waals surface area contributed by atoms with Gasteiger partial charge in [-0.1, -0.05) is 19.8 Å². The van der Waals surface area contributed by atoms with E-state index in [1.807, 2.05) is 0 Å². The highest BCUT2D eigenvalue weighted by atomic mass is 16.4. The summed E-state index contributed by atoms with van der Waals surface area (Å²) < 4.78 is 0. The lowest BCUT2D eigenvalue weighted by Crippen LogP contribution is -2.37. The fourth-order valence-electron chi connectivity index (χ4n) is 1.46. The summed E-state index contributed by atoms with van der Waals surface area (Å²) in [6.07, 6.45) is 3.60. The molecule has 0 aliphatic heterocycles. The predicted molar refractivity (Wildman–Crippen MR) is 63.0 cm³/mol. The SMILES string of the molecule is CCCCC(CCNC(C)(C)C)C(=O)O. The van der Waals surface area contributed by atoms with Crippen molar-refractivity contribution in [1.29, 1.82) is 0 Å². The van der Waals surface area contributed by atoms with Crippen molar-refractivity contribution in [2.45, 2.75) is 58.9 Å². The molecular formula is C12H25NO2. The molecule has 0 aromatic heterocycles. The van der Waals surface area contributed by atoms with Gasteiger partial charge >= 0.3 is 5.97 Å². The summed E-state index contributed by atoms with van der Waals surface area (Å²) in [5.74, 6) is -0.834. The second-order valence-electron chi connectivity index (χ2n) is 5.14. The molecule has 0 saturated heterocycles. The minimum absolute atomic E-state index is 0.0772. The molecule has 90 valence electrons. The molecule has 0 saturated carbocycles. The Balaban J connectivity index is 3.81. The van der Waals surface area contributed by atoms with Gasteiger partial charge in [-0.05, 0) is 40.2 Å². The first kappa shape index (κ1) is 14.4. The van der Waals surface area contributed by atoms with Crippen LogP contribution in [-0.2, 0) is 4.79 Å². The van der Waals surface area contributed by atoms with Crippen molar-refractivity contribution in [3.8, 4) is 0 Å². The van der Waals surface area contributed by atoms with E-state index in [4.69, 9.17) is 5.11 Å². The summed E-state index contributed by atoms with van der Waals surface area (Å²) >= 11 is 0. The highest BCUT2D eigenvalue weighted by Gasteiger charge is 2.17. The molecular weight excluding hydrogens is 190 g/mol. The Hall–Kier alpha value is -0.570. The first-order valence-electron chi connectivity index (χ1n) is 5.84. The second kappa shape index (κ2) is 6.83. The molecule has 0 aliphatic carbocycles. The largest absolute Gasteiger partial charge is 0.481 e. The van der Waals surface area contributed by atoms with Crippen LogP contribution < -0.4 is 5.32 Å². The van der Waals surface area contributed by atoms with Gasteiger partial charge in [-0.15, -0.1) is 0 Å². The van der Waals surface area contributed by atoms with E-state index < -0.39 is 5.97 Å². The van der Waals surface area contributed by atoms with E-state index in [0.29, 0.717) is 0 Å². The normalized spacial score (nSPS) is 13.9. The van der Waals surface area contributed by atoms with E-state index in [1.165, 1.54) is 0 Å². The van der Waals surface area contributed by atoms with Gasteiger partial charge in [0.1, 0.15) is 0 Å². The zero-order valence-electron chi connectivity index (χ0n) is 10.5. The van der Waals surface area contributed by atoms with Crippen LogP contribution in [0.3, 0.4) is 0 Å². The molecule has 0 amide bonds. The van der Waals surface area contributed by atoms with Crippen LogP contribution >= 0.6 is 0 Å². The van der Waals surface area contributed by atoms with E-state index in [9.17, 15) is 4.79 Å². The van der Waals surface area contributed by atoms with Crippen LogP contribution in [0.1, 0.15) is 53.4 Å². The number of carbonyl (C=O) groups is 1. The molecule has 0 bridgehead atoms. The number of hydrogen-bond donors (Lipinski definition) is 2. The monoisotopic (exact) mass is 215 g/mol. The van der Waals surface area contributed by atoms with Gasteiger partial charge < -0.3 is 10.4 Å². The van der Waals surface area contributed by atoms with E-state index >= 15 is 0 Å². The maximum absolute atomic E-state index is 10.9. The molecule has 0 heterocycles. The molecule has 0 aromatic carbocycles. The van der Waals surface area contributed by atoms with E-state index in [1.54, 1.807) is 0 Å². The van der Waals surface area contributed by atoms with Crippen molar-refractivity contribution < 1.29 is 9.90 Å². The van der Waals surface area contributed by atoms with Gasteiger partial charge in [-0.3, -0.25) is 4.79 Å². The van der Waals surface area contributed by atoms with Crippen LogP contribution in [0.4, 0.5) is 0 Å². The molecule has 0 fully saturated rings. The third kappa shape index (κ3) is 8.43. The number of hydrogen-bond acceptors (Lipinski definition) is 2. The topological polar surface area (TPSA) is 49.3 Å². The lowest BCUT2D eigenvalue weighted by molar-refractivity contribution is -0.142. The number of unbranched alkanes of at least 4 members (excludes halogenated alkanes) is 1. The number of carboxylic acid groups (broad SMARTS) is 1. The van der Waals surface area contributed by atoms with E-state index in [2.05, 4.69) is 33.0 Å². The summed E-state index contributed by atoms with van der Waals surface area (Å²) in [6.45, 7) is 9.15. The molecule has 0 aliphatic rings. The van der Waals surface area contributed by atoms with Crippen molar-refractivity contribution in [2.24, 2.45) is 5.92 Å². The van der Waals surface area contributed by atoms with Crippen LogP contribution in [0.25, 0.3) is 0 Å². The quantitative estimate of drug-likeness (QED) is 0.686. The predicted octanol–water partition coefficient (Wildman–Crippen LogP) is 2.66. The maximum Gasteiger partial charge on any atom is 0.306 e. The van der Waals surface area contributed by atoms with Gasteiger partial charge in [-0.25, -0.2) is 0 Å². The summed E-state index contributed by atoms with van der Waals surface area (Å²) in [7, 11) is 0. The lowest BCUT2D eigenvalue weighted by Gasteiger charge is -2.21. The second-order valence-corrected chi connectivity index (χ2v) is 5.14. The summed E-state index contributed by atoms with van der Waals surface area (Å²) in [5.41, 5.74) is 0.0772. The van der Waals surface area contributed by atoms with Crippen molar-refractivity contribution in [2.75, 3.05) is 6.54 Å². The zero-order chi connectivity index (χ0) is 11.9. The summed E-state index contributed by atoms with van der Waals surface area (Å²) in [6, 6.07) is 0. The summed E-state index contributed by atoms with van der Waals surface area (Å²) in [5, 5.41) is 12.3. The van der Waals surface area contributed by atoms with Gasteiger partial charge in [0.2, 0.25) is 0 Å². The van der Waals surface area contributed by atoms with Crippen LogP contribution in [0, 0.1) is 5.92 Å². The van der Waals surface area contributed by atoms with Crippen LogP contribution in [0.15, 0.2) is 0 Å². The first-order valence-corrected chi connectivity index (χ1v) is 5.84. The van der Waals surface area contributed by atoms with Crippen LogP contribution in [-0.4, -0.2) is 23.2 Å². The lowest BCUT2D eigenvalue weighted by atomic mass is 9.98. The molecule has 3 heteroatoms. The number of nitrogens with one attached hydrogen (secondary N) is 1. The Morgan fingerprint density at radius 1 is 1.33 bits per heavy atom. The summed E-state index contributed by atoms with van der Waals surface area (Å²) in [4.78, 5) is 10.9. The van der Waals surface area contributed by atoms with Gasteiger partial charge in [0, 0.05) is 5.54 Å². The molecule has 1 unspecified atom stereocenters. The molecule has 3 nitrogen and oxygen atoms in total. The molecule has 2 N–H and O–H groups in total. The minimum Gasteiger partial charge on any atom is -0.481 e. The number of rotatable bonds is 7. The molecule has 0 spiro atoms. The van der Waals surface area contributed by atoms with E-state index in [0.717, 1.165) is 32.2 Å². The van der Waals surface area contributed by atoms with Crippen molar-refractivity contribution >= 4 is 5.97 Å². The van der Waals surface area contributed by atoms with Gasteiger partial charge in [-0.2, -0.15) is 0 Å². The minimum atomic E-state index is -0.654. The third-order valence-electron chi connectivity index (χ3n) is 2.40. The van der Waals surface area contributed by atoms with Gasteiger partial charge in [0.05, 0.1) is 5.92 Å². The Kier molecular flexibility index (Phi) is 6.57. The zero-order valence-corrected chi connectivity index (χ0v) is 10.5. The molecule has 0 rings (SSSR count). The Morgan fingerprint density at radius 2 is 1.93 bits per heavy atom. The molecule has 1 atom stereocenters. The van der Waals surface area contributed by atoms with Crippen molar-refractivity contribution in [3.63, 3.8) is 0 Å². The fourth-order valence-corrected chi connectivity index (χ4v) is 1.46. The standard InChI is InChI=1S/C12H25NO2/c1-5-6-7-10(11(14)15)8-9-13-12(2,3)4/h10,13H,5-9H2,1-4H3,(H,14,15). The van der Waals surface area contributed by atoms with Crippen molar-refractivity contribution in [3.05, 3.63) is 0 Å². The fraction of sp³-hybridized carbons (Fsp3) is 0.917. The molecule has 0 radical (unpaired) electrons. The van der Waals surface area contributed by atoms with E-state index in [-0.39, 0.29) is 11.5 Å². The Bertz CT molecular complexity index is 185. The number of aliphatic carboxylic acids is 1. The Labute approximate surface area is 93.3 Å². The Morgan fingerprint density at radius 3 is 2.33 bits per heavy atom. The average Bonchev–Trinajstić information content (AvgIpc) is 2.08. The van der Waals surface area contributed by atoms with Crippen LogP contribution in [0.2, 0.25) is 0 Å².